The zero-order valence-corrected chi connectivity index (χ0v) is 14.6. The lowest BCUT2D eigenvalue weighted by atomic mass is 9.83. The first-order valence-corrected chi connectivity index (χ1v) is 8.36. The van der Waals surface area contributed by atoms with E-state index in [4.69, 9.17) is 4.74 Å². The summed E-state index contributed by atoms with van der Waals surface area (Å²) in [5.41, 5.74) is 0.248. The number of Topliss-reactive ketones (excluding diaryl/α,β-unsaturated/α-hetero) is 2. The minimum atomic E-state index is -0.578. The van der Waals surface area contributed by atoms with Gasteiger partial charge in [0.15, 0.2) is 11.6 Å². The molecule has 0 spiro atoms. The second-order valence-electron chi connectivity index (χ2n) is 7.87. The smallest absolute Gasteiger partial charge is 0.410 e. The molecule has 2 rings (SSSR count). The van der Waals surface area contributed by atoms with Gasteiger partial charge in [0, 0.05) is 19.4 Å². The zero-order chi connectivity index (χ0) is 17.2. The molecule has 5 nitrogen and oxygen atoms in total. The summed E-state index contributed by atoms with van der Waals surface area (Å²) in [7, 11) is 0. The van der Waals surface area contributed by atoms with Crippen molar-refractivity contribution in [3.8, 4) is 0 Å². The molecule has 1 aliphatic carbocycles. The predicted octanol–water partition coefficient (Wildman–Crippen LogP) is 3.13. The molecule has 1 aliphatic heterocycles. The highest BCUT2D eigenvalue weighted by Crippen LogP contribution is 2.28. The Kier molecular flexibility index (Phi) is 5.27. The molecule has 2 atom stereocenters. The third-order valence-electron chi connectivity index (χ3n) is 4.18. The second-order valence-corrected chi connectivity index (χ2v) is 7.87. The maximum Gasteiger partial charge on any atom is 0.410 e. The normalized spacial score (nSPS) is 26.1. The summed E-state index contributed by atoms with van der Waals surface area (Å²) in [4.78, 5) is 37.7. The number of allylic oxidation sites excluding steroid dienone is 2. The van der Waals surface area contributed by atoms with Crippen LogP contribution >= 0.6 is 0 Å². The number of ether oxygens (including phenoxy) is 1. The van der Waals surface area contributed by atoms with Crippen LogP contribution in [0.2, 0.25) is 0 Å². The number of nitrogens with zero attached hydrogens (tertiary/aromatic N) is 1. The number of amides is 1. The molecule has 0 aromatic rings. The molecule has 0 radical (unpaired) electrons. The number of ketones is 2. The number of carbonyl (C=O) groups excluding carboxylic acids is 3. The average Bonchev–Trinajstić information content (AvgIpc) is 2.39. The number of hydrogen-bond acceptors (Lipinski definition) is 4. The first-order chi connectivity index (χ1) is 10.6. The van der Waals surface area contributed by atoms with Gasteiger partial charge in [0.05, 0.1) is 6.54 Å². The van der Waals surface area contributed by atoms with Gasteiger partial charge in [-0.2, -0.15) is 0 Å². The molecule has 0 N–H and O–H groups in total. The molecule has 128 valence electrons. The van der Waals surface area contributed by atoms with Crippen molar-refractivity contribution in [1.29, 1.82) is 0 Å². The van der Waals surface area contributed by atoms with Gasteiger partial charge >= 0.3 is 6.09 Å². The van der Waals surface area contributed by atoms with E-state index in [0.29, 0.717) is 31.7 Å². The van der Waals surface area contributed by atoms with Crippen LogP contribution in [-0.2, 0) is 14.3 Å². The van der Waals surface area contributed by atoms with Gasteiger partial charge in [-0.15, -0.1) is 0 Å². The van der Waals surface area contributed by atoms with Gasteiger partial charge in [-0.3, -0.25) is 9.59 Å². The molecule has 2 aliphatic rings. The molecule has 1 fully saturated rings. The minimum absolute atomic E-state index is 0.00683. The largest absolute Gasteiger partial charge is 0.444 e. The Hall–Kier alpha value is -1.65. The van der Waals surface area contributed by atoms with Crippen molar-refractivity contribution in [1.82, 2.24) is 4.90 Å². The third-order valence-corrected chi connectivity index (χ3v) is 4.18. The summed E-state index contributed by atoms with van der Waals surface area (Å²) in [6, 6.07) is 0. The average molecular weight is 321 g/mol. The summed E-state index contributed by atoms with van der Waals surface area (Å²) in [5.74, 6) is 0.625. The monoisotopic (exact) mass is 321 g/mol. The number of hydrogen-bond donors (Lipinski definition) is 0. The zero-order valence-electron chi connectivity index (χ0n) is 14.6. The van der Waals surface area contributed by atoms with Crippen molar-refractivity contribution in [2.24, 2.45) is 11.8 Å². The van der Waals surface area contributed by atoms with E-state index in [9.17, 15) is 14.4 Å². The number of carbonyl (C=O) groups is 3. The van der Waals surface area contributed by atoms with E-state index in [0.717, 1.165) is 12.0 Å². The molecule has 0 unspecified atom stereocenters. The molecule has 1 saturated heterocycles. The van der Waals surface area contributed by atoms with E-state index in [1.54, 1.807) is 20.8 Å². The van der Waals surface area contributed by atoms with E-state index in [2.05, 4.69) is 6.92 Å². The number of piperidine rings is 1. The van der Waals surface area contributed by atoms with Crippen LogP contribution in [0.4, 0.5) is 4.79 Å². The van der Waals surface area contributed by atoms with Crippen LogP contribution in [0.5, 0.6) is 0 Å². The Balaban J connectivity index is 1.99. The fourth-order valence-electron chi connectivity index (χ4n) is 3.14. The first-order valence-electron chi connectivity index (χ1n) is 8.36. The van der Waals surface area contributed by atoms with Gasteiger partial charge in [0.1, 0.15) is 5.60 Å². The quantitative estimate of drug-likeness (QED) is 0.784. The summed E-state index contributed by atoms with van der Waals surface area (Å²) >= 11 is 0. The van der Waals surface area contributed by atoms with Gasteiger partial charge < -0.3 is 9.64 Å². The maximum atomic E-state index is 12.2. The Morgan fingerprint density at radius 2 is 2.00 bits per heavy atom. The summed E-state index contributed by atoms with van der Waals surface area (Å²) in [6.45, 7) is 8.07. The molecule has 0 bridgehead atoms. The van der Waals surface area contributed by atoms with E-state index in [1.807, 2.05) is 6.08 Å². The van der Waals surface area contributed by atoms with Crippen LogP contribution in [0.3, 0.4) is 0 Å². The van der Waals surface area contributed by atoms with Gasteiger partial charge in [-0.1, -0.05) is 13.0 Å². The van der Waals surface area contributed by atoms with Crippen LogP contribution in [-0.4, -0.2) is 41.3 Å². The Morgan fingerprint density at radius 1 is 1.30 bits per heavy atom. The summed E-state index contributed by atoms with van der Waals surface area (Å²) < 4.78 is 5.35. The minimum Gasteiger partial charge on any atom is -0.444 e. The standard InChI is InChI=1S/C18H27NO4/c1-12-5-6-14(16(21)7-12)8-13-9-15(20)11-19(10-13)17(22)23-18(2,3)4/h6,12-13H,5,7-11H2,1-4H3/t12-,13+/m1/s1. The van der Waals surface area contributed by atoms with Crippen LogP contribution in [0.1, 0.15) is 53.4 Å². The second kappa shape index (κ2) is 6.85. The third kappa shape index (κ3) is 5.19. The van der Waals surface area contributed by atoms with E-state index in [1.165, 1.54) is 4.90 Å². The molecule has 0 saturated carbocycles. The highest BCUT2D eigenvalue weighted by atomic mass is 16.6. The highest BCUT2D eigenvalue weighted by Gasteiger charge is 2.33. The molecule has 23 heavy (non-hydrogen) atoms. The lowest BCUT2D eigenvalue weighted by molar-refractivity contribution is -0.124. The van der Waals surface area contributed by atoms with Crippen LogP contribution in [0.25, 0.3) is 0 Å². The summed E-state index contributed by atoms with van der Waals surface area (Å²) in [6.07, 6.45) is 4.07. The van der Waals surface area contributed by atoms with Crippen molar-refractivity contribution < 1.29 is 19.1 Å². The maximum absolute atomic E-state index is 12.2. The van der Waals surface area contributed by atoms with Gasteiger partial charge in [-0.05, 0) is 51.0 Å². The van der Waals surface area contributed by atoms with Crippen molar-refractivity contribution in [3.63, 3.8) is 0 Å². The summed E-state index contributed by atoms with van der Waals surface area (Å²) in [5, 5.41) is 0. The van der Waals surface area contributed by atoms with Crippen molar-refractivity contribution in [3.05, 3.63) is 11.6 Å². The first kappa shape index (κ1) is 17.7. The van der Waals surface area contributed by atoms with E-state index < -0.39 is 11.7 Å². The lowest BCUT2D eigenvalue weighted by Crippen LogP contribution is -2.46. The molecule has 1 amide bonds. The molecule has 0 aromatic heterocycles. The van der Waals surface area contributed by atoms with Crippen LogP contribution in [0, 0.1) is 11.8 Å². The number of rotatable bonds is 2. The van der Waals surface area contributed by atoms with E-state index >= 15 is 0 Å². The molecular weight excluding hydrogens is 294 g/mol. The fourth-order valence-corrected chi connectivity index (χ4v) is 3.14. The predicted molar refractivity (Wildman–Crippen MR) is 87.0 cm³/mol. The highest BCUT2D eigenvalue weighted by molar-refractivity contribution is 5.96. The Morgan fingerprint density at radius 3 is 2.61 bits per heavy atom. The molecule has 5 heteroatoms. The van der Waals surface area contributed by atoms with Crippen molar-refractivity contribution in [2.45, 2.75) is 59.0 Å². The molecule has 1 heterocycles. The van der Waals surface area contributed by atoms with E-state index in [-0.39, 0.29) is 24.0 Å². The molecule has 0 aromatic carbocycles. The van der Waals surface area contributed by atoms with Crippen molar-refractivity contribution in [2.75, 3.05) is 13.1 Å². The SMILES string of the molecule is C[C@@H]1CC=C(C[C@H]2CC(=O)CN(C(=O)OC(C)(C)C)C2)C(=O)C1. The van der Waals surface area contributed by atoms with Crippen molar-refractivity contribution >= 4 is 17.7 Å². The Bertz CT molecular complexity index is 530. The van der Waals surface area contributed by atoms with Gasteiger partial charge in [-0.25, -0.2) is 4.79 Å². The fraction of sp³-hybridized carbons (Fsp3) is 0.722. The molecular formula is C18H27NO4. The van der Waals surface area contributed by atoms with Gasteiger partial charge in [0.25, 0.3) is 0 Å². The lowest BCUT2D eigenvalue weighted by Gasteiger charge is -2.34. The Labute approximate surface area is 138 Å². The van der Waals surface area contributed by atoms with Crippen LogP contribution < -0.4 is 0 Å². The van der Waals surface area contributed by atoms with Gasteiger partial charge in [0.2, 0.25) is 0 Å². The van der Waals surface area contributed by atoms with Crippen LogP contribution in [0.15, 0.2) is 11.6 Å². The number of likely N-dealkylation sites (tertiary alicyclic amines) is 1. The topological polar surface area (TPSA) is 63.7 Å².